The van der Waals surface area contributed by atoms with Crippen LogP contribution < -0.4 is 15.4 Å². The summed E-state index contributed by atoms with van der Waals surface area (Å²) in [4.78, 5) is 25.0. The van der Waals surface area contributed by atoms with Crippen molar-refractivity contribution in [2.45, 2.75) is 49.9 Å². The maximum absolute atomic E-state index is 16.5. The lowest BCUT2D eigenvalue weighted by Gasteiger charge is -2.60. The topological polar surface area (TPSA) is 88.6 Å². The first kappa shape index (κ1) is 25.0. The number of amides is 1. The summed E-state index contributed by atoms with van der Waals surface area (Å²) in [6.07, 6.45) is 4.07. The fourth-order valence-corrected chi connectivity index (χ4v) is 5.94. The summed E-state index contributed by atoms with van der Waals surface area (Å²) in [5.74, 6) is 1.14. The quantitative estimate of drug-likeness (QED) is 0.542. The number of nitrogens with one attached hydrogen (secondary N) is 2. The van der Waals surface area contributed by atoms with E-state index in [0.29, 0.717) is 45.0 Å². The molecule has 4 aliphatic rings. The zero-order chi connectivity index (χ0) is 25.2. The van der Waals surface area contributed by atoms with E-state index in [9.17, 15) is 4.79 Å². The van der Waals surface area contributed by atoms with Crippen molar-refractivity contribution < 1.29 is 18.7 Å². The molecule has 5 heterocycles. The fraction of sp³-hybridized carbons (Fsp3) is 0.593. The Bertz CT molecular complexity index is 1050. The van der Waals surface area contributed by atoms with Gasteiger partial charge in [0, 0.05) is 37.9 Å². The molecule has 0 radical (unpaired) electrons. The zero-order valence-electron chi connectivity index (χ0n) is 21.1. The molecular weight excluding hydrogens is 461 g/mol. The second kappa shape index (κ2) is 10.4. The smallest absolute Gasteiger partial charge is 0.223 e. The van der Waals surface area contributed by atoms with Gasteiger partial charge >= 0.3 is 0 Å². The molecule has 2 N–H and O–H groups in total. The second-order valence-corrected chi connectivity index (χ2v) is 10.3. The number of ether oxygens (including phenoxy) is 2. The van der Waals surface area contributed by atoms with Crippen molar-refractivity contribution >= 4 is 5.91 Å². The summed E-state index contributed by atoms with van der Waals surface area (Å²) in [5.41, 5.74) is -0.936. The molecule has 2 unspecified atom stereocenters. The third-order valence-corrected chi connectivity index (χ3v) is 8.15. The standard InChI is InChI=1S/C27H36FN5O3/c1-26(32-25(34)20-7-12-29-13-8-20)23(33-15-10-27(26,28)11-16-33)24-30-14-9-22(31-24)19-3-5-21(6-4-19)36-18-17-35-2/h3-6,9,14,20,23,29H,7-8,10-13,15-18H2,1-2H3,(H,32,34). The van der Waals surface area contributed by atoms with Gasteiger partial charge in [0.25, 0.3) is 0 Å². The van der Waals surface area contributed by atoms with Crippen LogP contribution in [0.25, 0.3) is 11.3 Å². The Morgan fingerprint density at radius 2 is 1.89 bits per heavy atom. The van der Waals surface area contributed by atoms with E-state index >= 15 is 4.39 Å². The van der Waals surface area contributed by atoms with Gasteiger partial charge in [-0.1, -0.05) is 0 Å². The minimum Gasteiger partial charge on any atom is -0.491 e. The first-order valence-electron chi connectivity index (χ1n) is 12.9. The van der Waals surface area contributed by atoms with E-state index in [0.717, 1.165) is 42.9 Å². The van der Waals surface area contributed by atoms with E-state index in [2.05, 4.69) is 20.5 Å². The highest BCUT2D eigenvalue weighted by atomic mass is 19.1. The van der Waals surface area contributed by atoms with Crippen LogP contribution in [0.2, 0.25) is 0 Å². The largest absolute Gasteiger partial charge is 0.491 e. The average Bonchev–Trinajstić information content (AvgIpc) is 2.91. The number of nitrogens with zero attached hydrogens (tertiary/aromatic N) is 3. The number of methoxy groups -OCH3 is 1. The first-order valence-corrected chi connectivity index (χ1v) is 12.9. The van der Waals surface area contributed by atoms with Crippen LogP contribution >= 0.6 is 0 Å². The summed E-state index contributed by atoms with van der Waals surface area (Å²) in [6.45, 7) is 5.74. The van der Waals surface area contributed by atoms with Gasteiger partial charge in [0.1, 0.15) is 23.8 Å². The molecule has 0 spiro atoms. The molecular formula is C27H36FN5O3. The molecule has 1 aromatic heterocycles. The van der Waals surface area contributed by atoms with Crippen LogP contribution in [-0.4, -0.2) is 78.5 Å². The molecule has 4 aliphatic heterocycles. The summed E-state index contributed by atoms with van der Waals surface area (Å²) in [6, 6.07) is 9.13. The van der Waals surface area contributed by atoms with E-state index in [1.165, 1.54) is 0 Å². The number of alkyl halides is 1. The highest BCUT2D eigenvalue weighted by Crippen LogP contribution is 2.52. The van der Waals surface area contributed by atoms with Crippen LogP contribution in [0.5, 0.6) is 5.75 Å². The molecule has 1 amide bonds. The maximum atomic E-state index is 16.5. The van der Waals surface area contributed by atoms with Crippen molar-refractivity contribution in [1.29, 1.82) is 0 Å². The molecule has 2 aromatic rings. The molecule has 36 heavy (non-hydrogen) atoms. The van der Waals surface area contributed by atoms with E-state index in [4.69, 9.17) is 14.5 Å². The minimum absolute atomic E-state index is 0.0602. The molecule has 0 aliphatic carbocycles. The lowest BCUT2D eigenvalue weighted by Crippen LogP contribution is -2.74. The van der Waals surface area contributed by atoms with E-state index in [1.807, 2.05) is 37.3 Å². The van der Waals surface area contributed by atoms with Gasteiger partial charge in [-0.2, -0.15) is 0 Å². The predicted octanol–water partition coefficient (Wildman–Crippen LogP) is 2.90. The molecule has 4 fully saturated rings. The molecule has 194 valence electrons. The van der Waals surface area contributed by atoms with Crippen LogP contribution in [0, 0.1) is 5.92 Å². The molecule has 9 heteroatoms. The number of halogens is 1. The van der Waals surface area contributed by atoms with Gasteiger partial charge in [-0.25, -0.2) is 14.4 Å². The number of carbonyl (C=O) groups is 1. The Morgan fingerprint density at radius 1 is 1.17 bits per heavy atom. The van der Waals surface area contributed by atoms with Crippen LogP contribution in [0.4, 0.5) is 4.39 Å². The first-order chi connectivity index (χ1) is 17.4. The number of benzene rings is 1. The van der Waals surface area contributed by atoms with Gasteiger partial charge in [0.2, 0.25) is 5.91 Å². The van der Waals surface area contributed by atoms with E-state index in [1.54, 1.807) is 13.3 Å². The number of fused-ring (bicyclic) bond motifs is 3. The Morgan fingerprint density at radius 3 is 2.58 bits per heavy atom. The van der Waals surface area contributed by atoms with Crippen LogP contribution in [-0.2, 0) is 9.53 Å². The molecule has 4 saturated heterocycles. The normalized spacial score (nSPS) is 30.2. The molecule has 0 saturated carbocycles. The second-order valence-electron chi connectivity index (χ2n) is 10.3. The predicted molar refractivity (Wildman–Crippen MR) is 134 cm³/mol. The van der Waals surface area contributed by atoms with Gasteiger partial charge in [0.15, 0.2) is 0 Å². The van der Waals surface area contributed by atoms with Gasteiger partial charge in [0.05, 0.1) is 23.9 Å². The van der Waals surface area contributed by atoms with Crippen molar-refractivity contribution in [3.05, 3.63) is 42.4 Å². The number of aromatic nitrogens is 2. The monoisotopic (exact) mass is 497 g/mol. The highest BCUT2D eigenvalue weighted by Gasteiger charge is 2.63. The lowest BCUT2D eigenvalue weighted by molar-refractivity contribution is -0.150. The van der Waals surface area contributed by atoms with Crippen molar-refractivity contribution in [3.63, 3.8) is 0 Å². The van der Waals surface area contributed by atoms with E-state index < -0.39 is 17.2 Å². The van der Waals surface area contributed by atoms with Crippen molar-refractivity contribution in [2.24, 2.45) is 5.92 Å². The molecule has 1 aromatic carbocycles. The summed E-state index contributed by atoms with van der Waals surface area (Å²) < 4.78 is 27.2. The number of hydrogen-bond donors (Lipinski definition) is 2. The zero-order valence-corrected chi connectivity index (χ0v) is 21.1. The van der Waals surface area contributed by atoms with Gasteiger partial charge < -0.3 is 20.1 Å². The van der Waals surface area contributed by atoms with Crippen LogP contribution in [0.3, 0.4) is 0 Å². The molecule has 6 rings (SSSR count). The third-order valence-electron chi connectivity index (χ3n) is 8.15. The summed E-state index contributed by atoms with van der Waals surface area (Å²) >= 11 is 0. The Kier molecular flexibility index (Phi) is 7.23. The Hall–Kier alpha value is -2.62. The van der Waals surface area contributed by atoms with Gasteiger partial charge in [-0.3, -0.25) is 9.69 Å². The fourth-order valence-electron chi connectivity index (χ4n) is 5.94. The number of carbonyl (C=O) groups excluding carboxylic acids is 1. The lowest BCUT2D eigenvalue weighted by atomic mass is 9.65. The molecule has 2 bridgehead atoms. The van der Waals surface area contributed by atoms with Gasteiger partial charge in [-0.15, -0.1) is 0 Å². The Balaban J connectivity index is 1.42. The van der Waals surface area contributed by atoms with Crippen molar-refractivity contribution in [1.82, 2.24) is 25.5 Å². The Labute approximate surface area is 212 Å². The highest BCUT2D eigenvalue weighted by molar-refractivity contribution is 5.80. The number of piperidine rings is 4. The number of hydrogen-bond acceptors (Lipinski definition) is 7. The van der Waals surface area contributed by atoms with Crippen molar-refractivity contribution in [2.75, 3.05) is 46.5 Å². The molecule has 2 atom stereocenters. The number of rotatable bonds is 8. The van der Waals surface area contributed by atoms with Crippen LogP contribution in [0.1, 0.15) is 44.5 Å². The maximum Gasteiger partial charge on any atom is 0.223 e. The van der Waals surface area contributed by atoms with Gasteiger partial charge in [-0.05, 0) is 76.0 Å². The third kappa shape index (κ3) is 4.71. The summed E-state index contributed by atoms with van der Waals surface area (Å²) in [5, 5.41) is 6.48. The average molecular weight is 498 g/mol. The molecule has 8 nitrogen and oxygen atoms in total. The van der Waals surface area contributed by atoms with Crippen LogP contribution in [0.15, 0.2) is 36.5 Å². The van der Waals surface area contributed by atoms with E-state index in [-0.39, 0.29) is 11.8 Å². The van der Waals surface area contributed by atoms with Crippen molar-refractivity contribution in [3.8, 4) is 17.0 Å². The minimum atomic E-state index is -1.50. The summed E-state index contributed by atoms with van der Waals surface area (Å²) in [7, 11) is 1.64. The SMILES string of the molecule is COCCOc1ccc(-c2ccnc(C3N4CCC(F)(CC4)C3(C)NC(=O)C3CCNCC3)n2)cc1.